The Morgan fingerprint density at radius 3 is 2.48 bits per heavy atom. The largest absolute Gasteiger partial charge is 0.481 e. The highest BCUT2D eigenvalue weighted by atomic mass is 32.2. The van der Waals surface area contributed by atoms with E-state index in [0.29, 0.717) is 38.6 Å². The van der Waals surface area contributed by atoms with Gasteiger partial charge in [0.05, 0.1) is 18.1 Å². The Bertz CT molecular complexity index is 624. The van der Waals surface area contributed by atoms with Crippen molar-refractivity contribution in [1.82, 2.24) is 9.62 Å². The Hall–Kier alpha value is -1.64. The normalized spacial score (nSPS) is 16.9. The van der Waals surface area contributed by atoms with Crippen molar-refractivity contribution in [2.45, 2.75) is 24.8 Å². The number of carbonyl (C=O) groups is 1. The average Bonchev–Trinajstić information content (AvgIpc) is 2.55. The van der Waals surface area contributed by atoms with Gasteiger partial charge in [-0.25, -0.2) is 13.1 Å². The molecule has 1 aliphatic heterocycles. The Morgan fingerprint density at radius 2 is 1.91 bits per heavy atom. The maximum absolute atomic E-state index is 12.3. The summed E-state index contributed by atoms with van der Waals surface area (Å²) in [4.78, 5) is 14.1. The van der Waals surface area contributed by atoms with E-state index < -0.39 is 16.1 Å². The summed E-state index contributed by atoms with van der Waals surface area (Å²) in [5.74, 6) is 0.354. The first-order chi connectivity index (χ1) is 10.9. The molecule has 1 N–H and O–H groups in total. The van der Waals surface area contributed by atoms with Crippen LogP contribution in [0.1, 0.15) is 13.8 Å². The van der Waals surface area contributed by atoms with E-state index in [-0.39, 0.29) is 10.8 Å². The first-order valence-corrected chi connectivity index (χ1v) is 9.05. The van der Waals surface area contributed by atoms with E-state index in [4.69, 9.17) is 9.47 Å². The van der Waals surface area contributed by atoms with Gasteiger partial charge in [0.25, 0.3) is 5.91 Å². The Morgan fingerprint density at radius 1 is 1.30 bits per heavy atom. The van der Waals surface area contributed by atoms with Gasteiger partial charge in [-0.3, -0.25) is 4.79 Å². The second kappa shape index (κ2) is 7.76. The second-order valence-corrected chi connectivity index (χ2v) is 6.94. The third kappa shape index (κ3) is 4.66. The molecule has 1 aromatic rings. The zero-order valence-corrected chi connectivity index (χ0v) is 14.1. The molecular formula is C15H22N2O5S. The van der Waals surface area contributed by atoms with Crippen molar-refractivity contribution in [1.29, 1.82) is 0 Å². The molecule has 0 saturated carbocycles. The summed E-state index contributed by atoms with van der Waals surface area (Å²) in [6, 6.07) is 6.01. The summed E-state index contributed by atoms with van der Waals surface area (Å²) >= 11 is 0. The number of hydrogen-bond acceptors (Lipinski definition) is 5. The van der Waals surface area contributed by atoms with Crippen molar-refractivity contribution in [3.63, 3.8) is 0 Å². The van der Waals surface area contributed by atoms with Gasteiger partial charge in [-0.05, 0) is 31.2 Å². The van der Waals surface area contributed by atoms with Crippen LogP contribution in [0.2, 0.25) is 0 Å². The number of morpholine rings is 1. The molecular weight excluding hydrogens is 320 g/mol. The van der Waals surface area contributed by atoms with Gasteiger partial charge in [-0.15, -0.1) is 0 Å². The zero-order chi connectivity index (χ0) is 16.9. The van der Waals surface area contributed by atoms with Crippen molar-refractivity contribution >= 4 is 15.9 Å². The van der Waals surface area contributed by atoms with E-state index in [0.717, 1.165) is 0 Å². The van der Waals surface area contributed by atoms with Gasteiger partial charge < -0.3 is 14.4 Å². The van der Waals surface area contributed by atoms with Gasteiger partial charge in [0.15, 0.2) is 6.10 Å². The monoisotopic (exact) mass is 342 g/mol. The molecule has 0 bridgehead atoms. The molecule has 0 unspecified atom stereocenters. The lowest BCUT2D eigenvalue weighted by molar-refractivity contribution is -0.142. The standard InChI is InChI=1S/C15H22N2O5S/c1-3-16-23(19,20)14-6-4-13(5-7-14)22-12(2)15(18)17-8-10-21-11-9-17/h4-7,12,16H,3,8-11H2,1-2H3/t12-/m0/s1. The molecule has 0 aliphatic carbocycles. The van der Waals surface area contributed by atoms with E-state index in [1.165, 1.54) is 12.1 Å². The minimum absolute atomic E-state index is 0.0994. The van der Waals surface area contributed by atoms with Gasteiger partial charge in [-0.2, -0.15) is 0 Å². The number of hydrogen-bond donors (Lipinski definition) is 1. The smallest absolute Gasteiger partial charge is 0.263 e. The van der Waals surface area contributed by atoms with Crippen LogP contribution in [0.3, 0.4) is 0 Å². The number of nitrogens with zero attached hydrogens (tertiary/aromatic N) is 1. The molecule has 1 fully saturated rings. The lowest BCUT2D eigenvalue weighted by Crippen LogP contribution is -2.46. The number of benzene rings is 1. The van der Waals surface area contributed by atoms with Crippen molar-refractivity contribution in [3.05, 3.63) is 24.3 Å². The third-order valence-corrected chi connectivity index (χ3v) is 5.01. The third-order valence-electron chi connectivity index (χ3n) is 3.45. The van der Waals surface area contributed by atoms with Crippen LogP contribution in [0.4, 0.5) is 0 Å². The van der Waals surface area contributed by atoms with Crippen molar-refractivity contribution in [3.8, 4) is 5.75 Å². The highest BCUT2D eigenvalue weighted by Crippen LogP contribution is 2.17. The molecule has 0 radical (unpaired) electrons. The number of amides is 1. The second-order valence-electron chi connectivity index (χ2n) is 5.17. The number of sulfonamides is 1. The van der Waals surface area contributed by atoms with Crippen LogP contribution in [-0.2, 0) is 19.6 Å². The quantitative estimate of drug-likeness (QED) is 0.819. The summed E-state index contributed by atoms with van der Waals surface area (Å²) in [6.45, 7) is 5.92. The Labute approximate surface area is 136 Å². The van der Waals surface area contributed by atoms with E-state index in [1.54, 1.807) is 30.9 Å². The molecule has 8 heteroatoms. The average molecular weight is 342 g/mol. The molecule has 0 spiro atoms. The molecule has 1 saturated heterocycles. The van der Waals surface area contributed by atoms with Crippen molar-refractivity contribution in [2.24, 2.45) is 0 Å². The Kier molecular flexibility index (Phi) is 5.97. The highest BCUT2D eigenvalue weighted by Gasteiger charge is 2.24. The van der Waals surface area contributed by atoms with E-state index in [9.17, 15) is 13.2 Å². The van der Waals surface area contributed by atoms with Crippen LogP contribution in [0, 0.1) is 0 Å². The molecule has 1 amide bonds. The summed E-state index contributed by atoms with van der Waals surface area (Å²) in [5, 5.41) is 0. The maximum Gasteiger partial charge on any atom is 0.263 e. The molecule has 7 nitrogen and oxygen atoms in total. The number of ether oxygens (including phenoxy) is 2. The number of nitrogens with one attached hydrogen (secondary N) is 1. The van der Waals surface area contributed by atoms with Crippen LogP contribution in [-0.4, -0.2) is 58.2 Å². The van der Waals surface area contributed by atoms with Crippen LogP contribution >= 0.6 is 0 Å². The molecule has 2 rings (SSSR count). The first-order valence-electron chi connectivity index (χ1n) is 7.57. The molecule has 1 heterocycles. The van der Waals surface area contributed by atoms with Gasteiger partial charge in [0.2, 0.25) is 10.0 Å². The summed E-state index contributed by atoms with van der Waals surface area (Å²) < 4.78 is 37.0. The lowest BCUT2D eigenvalue weighted by Gasteiger charge is -2.29. The molecule has 23 heavy (non-hydrogen) atoms. The summed E-state index contributed by atoms with van der Waals surface area (Å²) in [5.41, 5.74) is 0. The van der Waals surface area contributed by atoms with Gasteiger partial charge in [0.1, 0.15) is 5.75 Å². The minimum Gasteiger partial charge on any atom is -0.481 e. The first kappa shape index (κ1) is 17.7. The predicted octanol–water partition coefficient (Wildman–Crippen LogP) is 0.611. The fraction of sp³-hybridized carbons (Fsp3) is 0.533. The van der Waals surface area contributed by atoms with Crippen LogP contribution in [0.5, 0.6) is 5.75 Å². The minimum atomic E-state index is -3.48. The Balaban J connectivity index is 1.98. The zero-order valence-electron chi connectivity index (χ0n) is 13.3. The fourth-order valence-corrected chi connectivity index (χ4v) is 3.31. The molecule has 1 aromatic carbocycles. The van der Waals surface area contributed by atoms with Crippen molar-refractivity contribution < 1.29 is 22.7 Å². The highest BCUT2D eigenvalue weighted by molar-refractivity contribution is 7.89. The van der Waals surface area contributed by atoms with E-state index >= 15 is 0 Å². The van der Waals surface area contributed by atoms with Gasteiger partial charge in [0, 0.05) is 19.6 Å². The molecule has 1 atom stereocenters. The summed E-state index contributed by atoms with van der Waals surface area (Å²) in [6.07, 6.45) is -0.635. The predicted molar refractivity (Wildman–Crippen MR) is 84.8 cm³/mol. The van der Waals surface area contributed by atoms with Gasteiger partial charge >= 0.3 is 0 Å². The fourth-order valence-electron chi connectivity index (χ4n) is 2.27. The molecule has 1 aliphatic rings. The van der Waals surface area contributed by atoms with Gasteiger partial charge in [-0.1, -0.05) is 6.92 Å². The van der Waals surface area contributed by atoms with Crippen LogP contribution < -0.4 is 9.46 Å². The van der Waals surface area contributed by atoms with Crippen molar-refractivity contribution in [2.75, 3.05) is 32.8 Å². The lowest BCUT2D eigenvalue weighted by atomic mass is 10.3. The summed E-state index contributed by atoms with van der Waals surface area (Å²) in [7, 11) is -3.48. The molecule has 0 aromatic heterocycles. The van der Waals surface area contributed by atoms with Crippen LogP contribution in [0.15, 0.2) is 29.2 Å². The van der Waals surface area contributed by atoms with E-state index in [2.05, 4.69) is 4.72 Å². The number of carbonyl (C=O) groups excluding carboxylic acids is 1. The maximum atomic E-state index is 12.3. The van der Waals surface area contributed by atoms with E-state index in [1.807, 2.05) is 0 Å². The topological polar surface area (TPSA) is 84.9 Å². The molecule has 128 valence electrons. The number of rotatable bonds is 6. The SMILES string of the molecule is CCNS(=O)(=O)c1ccc(O[C@@H](C)C(=O)N2CCOCC2)cc1. The van der Waals surface area contributed by atoms with Crippen LogP contribution in [0.25, 0.3) is 0 Å².